The van der Waals surface area contributed by atoms with E-state index < -0.39 is 29.7 Å². The Kier molecular flexibility index (Phi) is 5.75. The SMILES string of the molecule is C[C@H](NC(=O)c1ccccc1Cl)C(=O)OCCN1C(=O)c2ccccc2C1=O. The van der Waals surface area contributed by atoms with Crippen LogP contribution >= 0.6 is 11.6 Å². The fraction of sp³-hybridized carbons (Fsp3) is 0.200. The molecule has 0 bridgehead atoms. The van der Waals surface area contributed by atoms with E-state index in [0.29, 0.717) is 11.1 Å². The Morgan fingerprint density at radius 2 is 1.61 bits per heavy atom. The molecule has 0 spiro atoms. The van der Waals surface area contributed by atoms with Gasteiger partial charge in [-0.15, -0.1) is 0 Å². The first-order valence-corrected chi connectivity index (χ1v) is 8.95. The number of carbonyl (C=O) groups is 4. The average molecular weight is 401 g/mol. The number of imide groups is 1. The van der Waals surface area contributed by atoms with Crippen molar-refractivity contribution in [3.63, 3.8) is 0 Å². The maximum atomic E-state index is 12.2. The van der Waals surface area contributed by atoms with Gasteiger partial charge in [0.1, 0.15) is 12.6 Å². The molecule has 3 rings (SSSR count). The Balaban J connectivity index is 1.51. The van der Waals surface area contributed by atoms with Crippen LogP contribution in [0.5, 0.6) is 0 Å². The number of nitrogens with zero attached hydrogens (tertiary/aromatic N) is 1. The number of amides is 3. The van der Waals surface area contributed by atoms with Crippen molar-refractivity contribution in [3.8, 4) is 0 Å². The summed E-state index contributed by atoms with van der Waals surface area (Å²) in [7, 11) is 0. The fourth-order valence-corrected chi connectivity index (χ4v) is 3.00. The zero-order valence-corrected chi connectivity index (χ0v) is 15.7. The number of esters is 1. The highest BCUT2D eigenvalue weighted by Crippen LogP contribution is 2.22. The van der Waals surface area contributed by atoms with Crippen LogP contribution in [0.25, 0.3) is 0 Å². The number of nitrogens with one attached hydrogen (secondary N) is 1. The molecule has 0 radical (unpaired) electrons. The van der Waals surface area contributed by atoms with Gasteiger partial charge in [0.15, 0.2) is 0 Å². The van der Waals surface area contributed by atoms with Gasteiger partial charge in [0.2, 0.25) is 0 Å². The van der Waals surface area contributed by atoms with Crippen LogP contribution in [0.2, 0.25) is 5.02 Å². The Morgan fingerprint density at radius 3 is 2.21 bits per heavy atom. The second-order valence-electron chi connectivity index (χ2n) is 6.15. The maximum absolute atomic E-state index is 12.2. The standard InChI is InChI=1S/C20H17ClN2O5/c1-12(22-17(24)15-8-4-5-9-16(15)21)20(27)28-11-10-23-18(25)13-6-2-3-7-14(13)19(23)26/h2-9,12H,10-11H2,1H3,(H,22,24)/t12-/m0/s1. The normalized spacial score (nSPS) is 13.9. The van der Waals surface area contributed by atoms with Crippen molar-refractivity contribution in [3.05, 3.63) is 70.2 Å². The molecule has 1 aliphatic rings. The lowest BCUT2D eigenvalue weighted by Gasteiger charge is -2.16. The number of benzene rings is 2. The topological polar surface area (TPSA) is 92.8 Å². The van der Waals surface area contributed by atoms with E-state index in [0.717, 1.165) is 4.90 Å². The second kappa shape index (κ2) is 8.22. The summed E-state index contributed by atoms with van der Waals surface area (Å²) >= 11 is 5.96. The minimum Gasteiger partial charge on any atom is -0.462 e. The van der Waals surface area contributed by atoms with Crippen LogP contribution in [0.1, 0.15) is 38.0 Å². The van der Waals surface area contributed by atoms with Crippen LogP contribution < -0.4 is 5.32 Å². The van der Waals surface area contributed by atoms with Crippen molar-refractivity contribution in [1.82, 2.24) is 10.2 Å². The van der Waals surface area contributed by atoms with Crippen LogP contribution in [0.15, 0.2) is 48.5 Å². The van der Waals surface area contributed by atoms with Crippen LogP contribution in [-0.2, 0) is 9.53 Å². The van der Waals surface area contributed by atoms with Crippen LogP contribution in [-0.4, -0.2) is 47.8 Å². The van der Waals surface area contributed by atoms with Gasteiger partial charge in [0, 0.05) is 0 Å². The van der Waals surface area contributed by atoms with Crippen molar-refractivity contribution >= 4 is 35.3 Å². The molecule has 1 atom stereocenters. The Labute approximate surface area is 166 Å². The Morgan fingerprint density at radius 1 is 1.04 bits per heavy atom. The van der Waals surface area contributed by atoms with E-state index in [9.17, 15) is 19.2 Å². The van der Waals surface area contributed by atoms with Gasteiger partial charge in [-0.2, -0.15) is 0 Å². The van der Waals surface area contributed by atoms with Gasteiger partial charge in [-0.3, -0.25) is 19.3 Å². The molecule has 8 heteroatoms. The summed E-state index contributed by atoms with van der Waals surface area (Å²) in [6.45, 7) is 1.24. The van der Waals surface area contributed by atoms with Crippen molar-refractivity contribution in [2.45, 2.75) is 13.0 Å². The first-order valence-electron chi connectivity index (χ1n) is 8.57. The number of hydrogen-bond donors (Lipinski definition) is 1. The van der Waals surface area contributed by atoms with Crippen molar-refractivity contribution in [2.24, 2.45) is 0 Å². The van der Waals surface area contributed by atoms with E-state index in [2.05, 4.69) is 5.32 Å². The quantitative estimate of drug-likeness (QED) is 0.593. The van der Waals surface area contributed by atoms with E-state index in [1.54, 1.807) is 42.5 Å². The second-order valence-corrected chi connectivity index (χ2v) is 6.56. The highest BCUT2D eigenvalue weighted by atomic mass is 35.5. The highest BCUT2D eigenvalue weighted by Gasteiger charge is 2.35. The summed E-state index contributed by atoms with van der Waals surface area (Å²) in [5, 5.41) is 2.77. The molecule has 3 amide bonds. The third-order valence-electron chi connectivity index (χ3n) is 4.26. The highest BCUT2D eigenvalue weighted by molar-refractivity contribution is 6.33. The van der Waals surface area contributed by atoms with Crippen molar-refractivity contribution in [1.29, 1.82) is 0 Å². The molecule has 144 valence electrons. The molecule has 1 N–H and O–H groups in total. The summed E-state index contributed by atoms with van der Waals surface area (Å²) in [6.07, 6.45) is 0. The molecular formula is C20H17ClN2O5. The number of fused-ring (bicyclic) bond motifs is 1. The minimum absolute atomic E-state index is 0.0662. The molecule has 0 aromatic heterocycles. The molecular weight excluding hydrogens is 384 g/mol. The lowest BCUT2D eigenvalue weighted by atomic mass is 10.1. The van der Waals surface area contributed by atoms with Gasteiger partial charge in [0.05, 0.1) is 28.3 Å². The lowest BCUT2D eigenvalue weighted by molar-refractivity contribution is -0.145. The van der Waals surface area contributed by atoms with Crippen molar-refractivity contribution < 1.29 is 23.9 Å². The van der Waals surface area contributed by atoms with Crippen molar-refractivity contribution in [2.75, 3.05) is 13.2 Å². The minimum atomic E-state index is -0.925. The molecule has 2 aromatic carbocycles. The zero-order chi connectivity index (χ0) is 20.3. The number of ether oxygens (including phenoxy) is 1. The number of rotatable bonds is 6. The van der Waals surface area contributed by atoms with Gasteiger partial charge in [-0.1, -0.05) is 35.9 Å². The number of hydrogen-bond acceptors (Lipinski definition) is 5. The molecule has 0 unspecified atom stereocenters. The third kappa shape index (κ3) is 3.89. The van der Waals surface area contributed by atoms with E-state index in [4.69, 9.17) is 16.3 Å². The van der Waals surface area contributed by atoms with Crippen LogP contribution in [0.4, 0.5) is 0 Å². The molecule has 1 aliphatic heterocycles. The lowest BCUT2D eigenvalue weighted by Crippen LogP contribution is -2.41. The third-order valence-corrected chi connectivity index (χ3v) is 4.59. The summed E-state index contributed by atoms with van der Waals surface area (Å²) < 4.78 is 5.10. The predicted octanol–water partition coefficient (Wildman–Crippen LogP) is 2.30. The number of carbonyl (C=O) groups excluding carboxylic acids is 4. The van der Waals surface area contributed by atoms with Gasteiger partial charge in [0.25, 0.3) is 17.7 Å². The largest absolute Gasteiger partial charge is 0.462 e. The molecule has 0 aliphatic carbocycles. The van der Waals surface area contributed by atoms with E-state index in [-0.39, 0.29) is 23.7 Å². The Hall–Kier alpha value is -3.19. The van der Waals surface area contributed by atoms with Gasteiger partial charge in [-0.25, -0.2) is 4.79 Å². The molecule has 1 heterocycles. The molecule has 0 saturated carbocycles. The molecule has 2 aromatic rings. The monoisotopic (exact) mass is 400 g/mol. The van der Waals surface area contributed by atoms with Gasteiger partial charge >= 0.3 is 5.97 Å². The summed E-state index contributed by atoms with van der Waals surface area (Å²) in [6, 6.07) is 12.0. The Bertz CT molecular complexity index is 924. The van der Waals surface area contributed by atoms with Gasteiger partial charge in [-0.05, 0) is 31.2 Å². The van der Waals surface area contributed by atoms with Crippen LogP contribution in [0.3, 0.4) is 0 Å². The molecule has 7 nitrogen and oxygen atoms in total. The number of halogens is 1. The average Bonchev–Trinajstić information content (AvgIpc) is 2.93. The predicted molar refractivity (Wildman–Crippen MR) is 101 cm³/mol. The fourth-order valence-electron chi connectivity index (χ4n) is 2.78. The smallest absolute Gasteiger partial charge is 0.328 e. The molecule has 0 saturated heterocycles. The first-order chi connectivity index (χ1) is 13.4. The maximum Gasteiger partial charge on any atom is 0.328 e. The van der Waals surface area contributed by atoms with Gasteiger partial charge < -0.3 is 10.1 Å². The zero-order valence-electron chi connectivity index (χ0n) is 15.0. The van der Waals surface area contributed by atoms with E-state index in [1.165, 1.54) is 13.0 Å². The first kappa shape index (κ1) is 19.6. The molecule has 28 heavy (non-hydrogen) atoms. The molecule has 0 fully saturated rings. The summed E-state index contributed by atoms with van der Waals surface area (Å²) in [5.41, 5.74) is 0.910. The summed E-state index contributed by atoms with van der Waals surface area (Å²) in [5.74, 6) is -2.03. The van der Waals surface area contributed by atoms with E-state index >= 15 is 0 Å². The summed E-state index contributed by atoms with van der Waals surface area (Å²) in [4.78, 5) is 49.8. The van der Waals surface area contributed by atoms with Crippen LogP contribution in [0, 0.1) is 0 Å². The van der Waals surface area contributed by atoms with E-state index in [1.807, 2.05) is 0 Å².